The number of hydrogen-bond donors (Lipinski definition) is 0. The first-order valence-corrected chi connectivity index (χ1v) is 10.5. The first-order valence-electron chi connectivity index (χ1n) is 10.5. The Balaban J connectivity index is 1.56. The highest BCUT2D eigenvalue weighted by atomic mass is 16.2. The van der Waals surface area contributed by atoms with Gasteiger partial charge in [0, 0.05) is 48.3 Å². The molecule has 0 radical (unpaired) electrons. The van der Waals surface area contributed by atoms with Crippen LogP contribution in [0.3, 0.4) is 0 Å². The summed E-state index contributed by atoms with van der Waals surface area (Å²) in [7, 11) is 0. The molecule has 1 aromatic rings. The zero-order valence-corrected chi connectivity index (χ0v) is 17.7. The summed E-state index contributed by atoms with van der Waals surface area (Å²) in [5, 5.41) is 0. The van der Waals surface area contributed by atoms with Crippen molar-refractivity contribution >= 4 is 46.3 Å². The van der Waals surface area contributed by atoms with Crippen molar-refractivity contribution in [1.82, 2.24) is 9.80 Å². The monoisotopic (exact) mass is 452 g/mol. The van der Waals surface area contributed by atoms with Gasteiger partial charge in [-0.25, -0.2) is 9.80 Å². The maximum atomic E-state index is 12.3. The van der Waals surface area contributed by atoms with Gasteiger partial charge < -0.3 is 0 Å². The van der Waals surface area contributed by atoms with Gasteiger partial charge in [-0.05, 0) is 29.3 Å². The number of hydrogen-bond acceptors (Lipinski definition) is 6. The second kappa shape index (κ2) is 8.00. The smallest absolute Gasteiger partial charge is 0.258 e. The van der Waals surface area contributed by atoms with E-state index in [1.165, 1.54) is 48.6 Å². The Bertz CT molecular complexity index is 1280. The largest absolute Gasteiger partial charge is 0.294 e. The predicted octanol–water partition coefficient (Wildman–Crippen LogP) is 2.02. The molecule has 5 rings (SSSR count). The zero-order chi connectivity index (χ0) is 24.0. The summed E-state index contributed by atoms with van der Waals surface area (Å²) in [6.45, 7) is 0. The molecule has 0 saturated heterocycles. The SMILES string of the molecule is O=C1C=C(c2cccc(C3=CC(=O)CC=C3N3C(=O)C=CC3=O)c2)C(N2C(=O)C=CC2=O)=CC1. The van der Waals surface area contributed by atoms with Crippen LogP contribution in [0.25, 0.3) is 11.1 Å². The van der Waals surface area contributed by atoms with Crippen LogP contribution in [0.15, 0.2) is 84.3 Å². The Labute approximate surface area is 193 Å². The average Bonchev–Trinajstić information content (AvgIpc) is 3.34. The summed E-state index contributed by atoms with van der Waals surface area (Å²) in [6, 6.07) is 6.80. The lowest BCUT2D eigenvalue weighted by Crippen LogP contribution is -2.31. The van der Waals surface area contributed by atoms with E-state index in [0.29, 0.717) is 33.7 Å². The zero-order valence-electron chi connectivity index (χ0n) is 17.7. The Morgan fingerprint density at radius 2 is 0.941 bits per heavy atom. The Hall–Kier alpha value is -4.72. The molecule has 0 N–H and O–H groups in total. The summed E-state index contributed by atoms with van der Waals surface area (Å²) in [6.07, 6.45) is 10.6. The summed E-state index contributed by atoms with van der Waals surface area (Å²) < 4.78 is 0. The Morgan fingerprint density at radius 3 is 1.32 bits per heavy atom. The number of allylic oxidation sites excluding steroid dienone is 6. The van der Waals surface area contributed by atoms with Gasteiger partial charge in [-0.15, -0.1) is 0 Å². The molecule has 0 unspecified atom stereocenters. The highest BCUT2D eigenvalue weighted by Gasteiger charge is 2.33. The van der Waals surface area contributed by atoms with Crippen molar-refractivity contribution in [2.24, 2.45) is 0 Å². The van der Waals surface area contributed by atoms with Crippen LogP contribution in [-0.2, 0) is 28.8 Å². The van der Waals surface area contributed by atoms with Crippen LogP contribution in [0.2, 0.25) is 0 Å². The van der Waals surface area contributed by atoms with Crippen LogP contribution in [-0.4, -0.2) is 45.0 Å². The lowest BCUT2D eigenvalue weighted by atomic mass is 9.89. The van der Waals surface area contributed by atoms with E-state index in [9.17, 15) is 28.8 Å². The fourth-order valence-corrected chi connectivity index (χ4v) is 4.22. The van der Waals surface area contributed by atoms with Gasteiger partial charge in [-0.1, -0.05) is 30.4 Å². The maximum Gasteiger partial charge on any atom is 0.258 e. The minimum atomic E-state index is -0.503. The fraction of sp³-hybridized carbons (Fsp3) is 0.0769. The molecule has 0 spiro atoms. The first-order chi connectivity index (χ1) is 16.3. The van der Waals surface area contributed by atoms with E-state index in [2.05, 4.69) is 0 Å². The molecule has 8 nitrogen and oxygen atoms in total. The molecule has 0 aromatic heterocycles. The van der Waals surface area contributed by atoms with Crippen LogP contribution in [0.5, 0.6) is 0 Å². The molecule has 34 heavy (non-hydrogen) atoms. The lowest BCUT2D eigenvalue weighted by molar-refractivity contribution is -0.135. The van der Waals surface area contributed by atoms with Crippen molar-refractivity contribution in [2.75, 3.05) is 0 Å². The lowest BCUT2D eigenvalue weighted by Gasteiger charge is -2.25. The van der Waals surface area contributed by atoms with Gasteiger partial charge in [0.15, 0.2) is 11.6 Å². The number of ketones is 2. The van der Waals surface area contributed by atoms with Crippen molar-refractivity contribution in [3.05, 3.63) is 95.4 Å². The van der Waals surface area contributed by atoms with Crippen molar-refractivity contribution in [2.45, 2.75) is 12.8 Å². The molecule has 2 aliphatic carbocycles. The molecule has 1 aromatic carbocycles. The average molecular weight is 452 g/mol. The third-order valence-electron chi connectivity index (χ3n) is 5.74. The van der Waals surface area contributed by atoms with Crippen LogP contribution in [0.4, 0.5) is 0 Å². The van der Waals surface area contributed by atoms with Gasteiger partial charge in [-0.2, -0.15) is 0 Å². The first kappa shape index (κ1) is 21.1. The van der Waals surface area contributed by atoms with Crippen LogP contribution in [0.1, 0.15) is 24.0 Å². The molecule has 166 valence electrons. The molecular formula is C26H16N2O6. The van der Waals surface area contributed by atoms with Crippen LogP contribution in [0, 0.1) is 0 Å². The predicted molar refractivity (Wildman–Crippen MR) is 120 cm³/mol. The van der Waals surface area contributed by atoms with E-state index >= 15 is 0 Å². The standard InChI is InChI=1S/C26H16N2O6/c29-17-4-6-21(27-23(31)8-9-24(27)32)19(13-17)15-2-1-3-16(12-15)20-14-18(30)5-7-22(20)28-25(33)10-11-26(28)34/h1-3,6-14H,4-5H2. The third-order valence-corrected chi connectivity index (χ3v) is 5.74. The van der Waals surface area contributed by atoms with Crippen LogP contribution >= 0.6 is 0 Å². The summed E-state index contributed by atoms with van der Waals surface area (Å²) in [5.74, 6) is -2.39. The number of benzene rings is 1. The van der Waals surface area contributed by atoms with Gasteiger partial charge in [0.1, 0.15) is 0 Å². The number of amides is 4. The van der Waals surface area contributed by atoms with E-state index in [1.54, 1.807) is 24.3 Å². The molecule has 0 bridgehead atoms. The van der Waals surface area contributed by atoms with E-state index < -0.39 is 23.6 Å². The van der Waals surface area contributed by atoms with E-state index in [1.807, 2.05) is 0 Å². The number of carbonyl (C=O) groups is 6. The normalized spacial score (nSPS) is 20.2. The molecule has 0 atom stereocenters. The second-order valence-electron chi connectivity index (χ2n) is 7.91. The maximum absolute atomic E-state index is 12.3. The van der Waals surface area contributed by atoms with Gasteiger partial charge in [0.2, 0.25) is 0 Å². The van der Waals surface area contributed by atoms with Crippen LogP contribution < -0.4 is 0 Å². The van der Waals surface area contributed by atoms with Gasteiger partial charge in [0.25, 0.3) is 23.6 Å². The topological polar surface area (TPSA) is 109 Å². The van der Waals surface area contributed by atoms with Gasteiger partial charge in [-0.3, -0.25) is 28.8 Å². The molecule has 4 amide bonds. The highest BCUT2D eigenvalue weighted by Crippen LogP contribution is 2.36. The summed E-state index contributed by atoms with van der Waals surface area (Å²) in [4.78, 5) is 75.6. The third kappa shape index (κ3) is 3.51. The summed E-state index contributed by atoms with van der Waals surface area (Å²) >= 11 is 0. The Morgan fingerprint density at radius 1 is 0.559 bits per heavy atom. The van der Waals surface area contributed by atoms with Gasteiger partial charge >= 0.3 is 0 Å². The van der Waals surface area contributed by atoms with Gasteiger partial charge in [0.05, 0.1) is 11.4 Å². The quantitative estimate of drug-likeness (QED) is 0.647. The number of nitrogens with zero attached hydrogens (tertiary/aromatic N) is 2. The number of imide groups is 2. The minimum Gasteiger partial charge on any atom is -0.294 e. The van der Waals surface area contributed by atoms with Crippen molar-refractivity contribution < 1.29 is 28.8 Å². The molecule has 8 heteroatoms. The van der Waals surface area contributed by atoms with E-state index in [-0.39, 0.29) is 24.4 Å². The molecular weight excluding hydrogens is 436 g/mol. The van der Waals surface area contributed by atoms with E-state index in [0.717, 1.165) is 9.80 Å². The molecule has 4 aliphatic rings. The van der Waals surface area contributed by atoms with Crippen molar-refractivity contribution in [3.63, 3.8) is 0 Å². The number of carbonyl (C=O) groups excluding carboxylic acids is 6. The second-order valence-corrected chi connectivity index (χ2v) is 7.91. The number of rotatable bonds is 4. The molecule has 2 aliphatic heterocycles. The van der Waals surface area contributed by atoms with Crippen molar-refractivity contribution in [3.8, 4) is 0 Å². The Kier molecular flexibility index (Phi) is 4.98. The fourth-order valence-electron chi connectivity index (χ4n) is 4.22. The summed E-state index contributed by atoms with van der Waals surface area (Å²) in [5.41, 5.74) is 2.42. The highest BCUT2D eigenvalue weighted by molar-refractivity contribution is 6.18. The molecule has 0 saturated carbocycles. The molecule has 0 fully saturated rings. The minimum absolute atomic E-state index is 0.0499. The molecule has 2 heterocycles. The van der Waals surface area contributed by atoms with Crippen molar-refractivity contribution in [1.29, 1.82) is 0 Å². The van der Waals surface area contributed by atoms with E-state index in [4.69, 9.17) is 0 Å².